The SMILES string of the molecule is Cc1nc(C)c(C(=O)N2CCC[C@@H]2c2nc3ccccc3[nH]2)s1. The Hall–Kier alpha value is -2.21. The van der Waals surface area contributed by atoms with Crippen molar-refractivity contribution in [3.05, 3.63) is 45.7 Å². The van der Waals surface area contributed by atoms with E-state index >= 15 is 0 Å². The van der Waals surface area contributed by atoms with Crippen molar-refractivity contribution in [3.8, 4) is 0 Å². The van der Waals surface area contributed by atoms with Crippen LogP contribution in [0, 0.1) is 13.8 Å². The summed E-state index contributed by atoms with van der Waals surface area (Å²) < 4.78 is 0. The van der Waals surface area contributed by atoms with E-state index in [-0.39, 0.29) is 11.9 Å². The maximum absolute atomic E-state index is 12.9. The molecule has 1 aliphatic heterocycles. The van der Waals surface area contributed by atoms with Crippen LogP contribution in [-0.2, 0) is 0 Å². The van der Waals surface area contributed by atoms with Crippen LogP contribution >= 0.6 is 11.3 Å². The molecule has 0 spiro atoms. The molecule has 6 heteroatoms. The van der Waals surface area contributed by atoms with Gasteiger partial charge in [0.15, 0.2) is 0 Å². The number of nitrogens with one attached hydrogen (secondary N) is 1. The minimum Gasteiger partial charge on any atom is -0.340 e. The van der Waals surface area contributed by atoms with Crippen LogP contribution in [0.15, 0.2) is 24.3 Å². The van der Waals surface area contributed by atoms with E-state index in [9.17, 15) is 4.79 Å². The number of hydrogen-bond donors (Lipinski definition) is 1. The number of H-pyrrole nitrogens is 1. The molecule has 4 rings (SSSR count). The number of amides is 1. The summed E-state index contributed by atoms with van der Waals surface area (Å²) in [6.45, 7) is 4.62. The van der Waals surface area contributed by atoms with Crippen LogP contribution in [0.5, 0.6) is 0 Å². The first-order chi connectivity index (χ1) is 11.1. The Morgan fingerprint density at radius 1 is 1.30 bits per heavy atom. The van der Waals surface area contributed by atoms with Gasteiger partial charge in [0.1, 0.15) is 10.7 Å². The highest BCUT2D eigenvalue weighted by Crippen LogP contribution is 2.34. The normalized spacial score (nSPS) is 18.0. The van der Waals surface area contributed by atoms with Crippen molar-refractivity contribution in [2.45, 2.75) is 32.7 Å². The van der Waals surface area contributed by atoms with E-state index in [1.54, 1.807) is 0 Å². The second-order valence-electron chi connectivity index (χ2n) is 5.94. The zero-order chi connectivity index (χ0) is 16.0. The van der Waals surface area contributed by atoms with Gasteiger partial charge in [0.25, 0.3) is 5.91 Å². The number of carbonyl (C=O) groups is 1. The van der Waals surface area contributed by atoms with Gasteiger partial charge in [-0.3, -0.25) is 4.79 Å². The van der Waals surface area contributed by atoms with E-state index in [0.717, 1.165) is 51.8 Å². The predicted octanol–water partition coefficient (Wildman–Crippen LogP) is 3.61. The van der Waals surface area contributed by atoms with Gasteiger partial charge in [-0.2, -0.15) is 0 Å². The fourth-order valence-corrected chi connectivity index (χ4v) is 4.16. The highest BCUT2D eigenvalue weighted by atomic mass is 32.1. The van der Waals surface area contributed by atoms with Crippen molar-refractivity contribution in [3.63, 3.8) is 0 Å². The van der Waals surface area contributed by atoms with Crippen molar-refractivity contribution < 1.29 is 4.79 Å². The number of benzene rings is 1. The number of aromatic nitrogens is 3. The van der Waals surface area contributed by atoms with Crippen molar-refractivity contribution in [2.75, 3.05) is 6.54 Å². The quantitative estimate of drug-likeness (QED) is 0.782. The highest BCUT2D eigenvalue weighted by molar-refractivity contribution is 7.13. The van der Waals surface area contributed by atoms with Crippen LogP contribution < -0.4 is 0 Å². The van der Waals surface area contributed by atoms with Gasteiger partial charge in [0.2, 0.25) is 0 Å². The summed E-state index contributed by atoms with van der Waals surface area (Å²) in [5.74, 6) is 0.965. The number of aryl methyl sites for hydroxylation is 2. The monoisotopic (exact) mass is 326 g/mol. The zero-order valence-electron chi connectivity index (χ0n) is 13.2. The third kappa shape index (κ3) is 2.43. The van der Waals surface area contributed by atoms with Crippen molar-refractivity contribution >= 4 is 28.3 Å². The minimum atomic E-state index is 0.0247. The van der Waals surface area contributed by atoms with Gasteiger partial charge in [0, 0.05) is 6.54 Å². The maximum atomic E-state index is 12.9. The van der Waals surface area contributed by atoms with Crippen LogP contribution in [0.25, 0.3) is 11.0 Å². The number of aromatic amines is 1. The number of para-hydroxylation sites is 2. The second kappa shape index (κ2) is 5.45. The average Bonchev–Trinajstić information content (AvgIpc) is 3.23. The van der Waals surface area contributed by atoms with E-state index < -0.39 is 0 Å². The molecule has 1 atom stereocenters. The Bertz CT molecular complexity index is 849. The van der Waals surface area contributed by atoms with Crippen LogP contribution in [0.1, 0.15) is 45.1 Å². The summed E-state index contributed by atoms with van der Waals surface area (Å²) in [5.41, 5.74) is 2.80. The molecule has 0 saturated carbocycles. The number of carbonyl (C=O) groups excluding carboxylic acids is 1. The molecule has 0 aliphatic carbocycles. The first-order valence-electron chi connectivity index (χ1n) is 7.83. The van der Waals surface area contributed by atoms with Gasteiger partial charge in [-0.25, -0.2) is 9.97 Å². The molecular formula is C17H18N4OS. The van der Waals surface area contributed by atoms with E-state index in [0.29, 0.717) is 0 Å². The van der Waals surface area contributed by atoms with Crippen LogP contribution in [0.2, 0.25) is 0 Å². The molecule has 1 aliphatic rings. The molecule has 3 heterocycles. The van der Waals surface area contributed by atoms with E-state index in [2.05, 4.69) is 15.0 Å². The molecule has 1 aromatic carbocycles. The lowest BCUT2D eigenvalue weighted by molar-refractivity contribution is 0.0734. The van der Waals surface area contributed by atoms with Crippen molar-refractivity contribution in [1.82, 2.24) is 19.9 Å². The summed E-state index contributed by atoms with van der Waals surface area (Å²) >= 11 is 1.48. The summed E-state index contributed by atoms with van der Waals surface area (Å²) in [6, 6.07) is 8.01. The minimum absolute atomic E-state index is 0.0247. The fourth-order valence-electron chi connectivity index (χ4n) is 3.28. The number of likely N-dealkylation sites (tertiary alicyclic amines) is 1. The smallest absolute Gasteiger partial charge is 0.266 e. The third-order valence-corrected chi connectivity index (χ3v) is 5.40. The Kier molecular flexibility index (Phi) is 3.41. The summed E-state index contributed by atoms with van der Waals surface area (Å²) in [4.78, 5) is 28.1. The molecule has 0 bridgehead atoms. The van der Waals surface area contributed by atoms with E-state index in [1.807, 2.05) is 43.0 Å². The Morgan fingerprint density at radius 3 is 2.87 bits per heavy atom. The molecule has 23 heavy (non-hydrogen) atoms. The predicted molar refractivity (Wildman–Crippen MR) is 90.7 cm³/mol. The van der Waals surface area contributed by atoms with Gasteiger partial charge in [0.05, 0.1) is 27.8 Å². The molecule has 0 unspecified atom stereocenters. The number of imidazole rings is 1. The van der Waals surface area contributed by atoms with Gasteiger partial charge < -0.3 is 9.88 Å². The molecule has 1 fully saturated rings. The second-order valence-corrected chi connectivity index (χ2v) is 7.15. The molecule has 2 aromatic heterocycles. The Balaban J connectivity index is 1.68. The zero-order valence-corrected chi connectivity index (χ0v) is 14.0. The molecule has 3 aromatic rings. The molecule has 118 valence electrons. The van der Waals surface area contributed by atoms with Gasteiger partial charge in [-0.15, -0.1) is 11.3 Å². The van der Waals surface area contributed by atoms with E-state index in [1.165, 1.54) is 11.3 Å². The standard InChI is InChI=1S/C17H18N4OS/c1-10-15(23-11(2)18-10)17(22)21-9-5-8-14(21)16-19-12-6-3-4-7-13(12)20-16/h3-4,6-7,14H,5,8-9H2,1-2H3,(H,19,20)/t14-/m1/s1. The highest BCUT2D eigenvalue weighted by Gasteiger charge is 2.34. The van der Waals surface area contributed by atoms with Crippen molar-refractivity contribution in [2.24, 2.45) is 0 Å². The Labute approximate surface area is 138 Å². The van der Waals surface area contributed by atoms with Crippen LogP contribution in [-0.4, -0.2) is 32.3 Å². The molecule has 5 nitrogen and oxygen atoms in total. The lowest BCUT2D eigenvalue weighted by atomic mass is 10.2. The topological polar surface area (TPSA) is 61.9 Å². The third-order valence-electron chi connectivity index (χ3n) is 4.33. The van der Waals surface area contributed by atoms with Gasteiger partial charge >= 0.3 is 0 Å². The number of rotatable bonds is 2. The van der Waals surface area contributed by atoms with Crippen molar-refractivity contribution in [1.29, 1.82) is 0 Å². The average molecular weight is 326 g/mol. The molecular weight excluding hydrogens is 308 g/mol. The van der Waals surface area contributed by atoms with Crippen LogP contribution in [0.4, 0.5) is 0 Å². The van der Waals surface area contributed by atoms with Gasteiger partial charge in [-0.1, -0.05) is 12.1 Å². The fraction of sp³-hybridized carbons (Fsp3) is 0.353. The lowest BCUT2D eigenvalue weighted by Crippen LogP contribution is -2.31. The Morgan fingerprint density at radius 2 is 2.13 bits per heavy atom. The molecule has 1 N–H and O–H groups in total. The first-order valence-corrected chi connectivity index (χ1v) is 8.65. The number of thiazole rings is 1. The van der Waals surface area contributed by atoms with Crippen LogP contribution in [0.3, 0.4) is 0 Å². The number of fused-ring (bicyclic) bond motifs is 1. The molecule has 1 amide bonds. The molecule has 0 radical (unpaired) electrons. The summed E-state index contributed by atoms with van der Waals surface area (Å²) in [7, 11) is 0. The van der Waals surface area contributed by atoms with Gasteiger partial charge in [-0.05, 0) is 38.8 Å². The molecule has 1 saturated heterocycles. The largest absolute Gasteiger partial charge is 0.340 e. The van der Waals surface area contributed by atoms with E-state index in [4.69, 9.17) is 0 Å². The first kappa shape index (κ1) is 14.4. The maximum Gasteiger partial charge on any atom is 0.266 e. The summed E-state index contributed by atoms with van der Waals surface area (Å²) in [5, 5.41) is 0.935. The number of nitrogens with zero attached hydrogens (tertiary/aromatic N) is 3. The summed E-state index contributed by atoms with van der Waals surface area (Å²) in [6.07, 6.45) is 1.95. The lowest BCUT2D eigenvalue weighted by Gasteiger charge is -2.22. The number of hydrogen-bond acceptors (Lipinski definition) is 4.